The summed E-state index contributed by atoms with van der Waals surface area (Å²) in [6, 6.07) is 1.70. The monoisotopic (exact) mass is 287 g/mol. The van der Waals surface area contributed by atoms with E-state index in [-0.39, 0.29) is 22.8 Å². The highest BCUT2D eigenvalue weighted by molar-refractivity contribution is 5.96. The number of hydrogen-bond donors (Lipinski definition) is 3. The number of carboxylic acids is 1. The van der Waals surface area contributed by atoms with Gasteiger partial charge in [-0.15, -0.1) is 0 Å². The van der Waals surface area contributed by atoms with Gasteiger partial charge in [0.2, 0.25) is 0 Å². The molecule has 3 rings (SSSR count). The summed E-state index contributed by atoms with van der Waals surface area (Å²) in [7, 11) is 0. The molecule has 0 saturated heterocycles. The van der Waals surface area contributed by atoms with Gasteiger partial charge in [0.15, 0.2) is 11.5 Å². The Bertz CT molecular complexity index is 765. The fourth-order valence-corrected chi connectivity index (χ4v) is 2.48. The number of nitrogen functional groups attached to an aromatic ring is 1. The Kier molecular flexibility index (Phi) is 2.86. The number of anilines is 1. The SMILES string of the molecule is NC(=O)c1cc2c(nc1-n1cc(N)c(C(=O)O)n1)CCC2. The van der Waals surface area contributed by atoms with Gasteiger partial charge in [0.25, 0.3) is 5.91 Å². The Hall–Kier alpha value is -2.90. The van der Waals surface area contributed by atoms with Gasteiger partial charge < -0.3 is 16.6 Å². The Morgan fingerprint density at radius 1 is 1.33 bits per heavy atom. The molecule has 108 valence electrons. The van der Waals surface area contributed by atoms with Crippen LogP contribution >= 0.6 is 0 Å². The first-order chi connectivity index (χ1) is 9.97. The number of hydrogen-bond acceptors (Lipinski definition) is 5. The minimum Gasteiger partial charge on any atom is -0.476 e. The maximum Gasteiger partial charge on any atom is 0.358 e. The number of nitrogens with two attached hydrogens (primary N) is 2. The van der Waals surface area contributed by atoms with E-state index < -0.39 is 11.9 Å². The molecular weight excluding hydrogens is 274 g/mol. The molecule has 1 aliphatic carbocycles. The summed E-state index contributed by atoms with van der Waals surface area (Å²) < 4.78 is 1.19. The normalized spacial score (nSPS) is 13.1. The van der Waals surface area contributed by atoms with E-state index in [0.717, 1.165) is 30.5 Å². The number of nitrogens with zero attached hydrogens (tertiary/aromatic N) is 3. The number of aromatic carboxylic acids is 1. The van der Waals surface area contributed by atoms with Crippen LogP contribution in [0.4, 0.5) is 5.69 Å². The number of carboxylic acid groups (broad SMARTS) is 1. The zero-order chi connectivity index (χ0) is 15.1. The van der Waals surface area contributed by atoms with E-state index in [1.54, 1.807) is 6.07 Å². The van der Waals surface area contributed by atoms with Crippen LogP contribution in [0.5, 0.6) is 0 Å². The van der Waals surface area contributed by atoms with Crippen LogP contribution in [0.25, 0.3) is 5.82 Å². The number of amides is 1. The van der Waals surface area contributed by atoms with Crippen molar-refractivity contribution < 1.29 is 14.7 Å². The molecule has 0 atom stereocenters. The summed E-state index contributed by atoms with van der Waals surface area (Å²) in [5.74, 6) is -1.67. The molecule has 21 heavy (non-hydrogen) atoms. The summed E-state index contributed by atoms with van der Waals surface area (Å²) in [6.07, 6.45) is 3.94. The highest BCUT2D eigenvalue weighted by Crippen LogP contribution is 2.25. The average Bonchev–Trinajstić information content (AvgIpc) is 3.02. The molecular formula is C13H13N5O3. The van der Waals surface area contributed by atoms with Crippen molar-refractivity contribution in [2.75, 3.05) is 5.73 Å². The third kappa shape index (κ3) is 2.10. The van der Waals surface area contributed by atoms with Crippen molar-refractivity contribution in [3.63, 3.8) is 0 Å². The van der Waals surface area contributed by atoms with E-state index in [0.29, 0.717) is 0 Å². The van der Waals surface area contributed by atoms with E-state index in [4.69, 9.17) is 16.6 Å². The van der Waals surface area contributed by atoms with Gasteiger partial charge in [-0.25, -0.2) is 14.5 Å². The van der Waals surface area contributed by atoms with Crippen molar-refractivity contribution in [3.8, 4) is 5.82 Å². The van der Waals surface area contributed by atoms with Gasteiger partial charge in [-0.05, 0) is 30.9 Å². The molecule has 0 unspecified atom stereocenters. The Morgan fingerprint density at radius 3 is 2.71 bits per heavy atom. The standard InChI is InChI=1S/C13H13N5O3/c14-8-5-18(17-10(8)13(20)21)12-7(11(15)19)4-6-2-1-3-9(6)16-12/h4-5H,1-3,14H2,(H2,15,19)(H,20,21). The number of primary amides is 1. The van der Waals surface area contributed by atoms with Crippen LogP contribution in [-0.2, 0) is 12.8 Å². The van der Waals surface area contributed by atoms with Gasteiger partial charge in [0.05, 0.1) is 17.4 Å². The average molecular weight is 287 g/mol. The van der Waals surface area contributed by atoms with E-state index in [1.165, 1.54) is 10.9 Å². The molecule has 0 radical (unpaired) electrons. The van der Waals surface area contributed by atoms with Crippen molar-refractivity contribution in [2.45, 2.75) is 19.3 Å². The molecule has 8 heteroatoms. The first-order valence-corrected chi connectivity index (χ1v) is 6.38. The molecule has 0 saturated carbocycles. The Morgan fingerprint density at radius 2 is 2.10 bits per heavy atom. The minimum atomic E-state index is -1.24. The van der Waals surface area contributed by atoms with Crippen molar-refractivity contribution in [2.24, 2.45) is 5.73 Å². The minimum absolute atomic E-state index is 0.000203. The second-order valence-electron chi connectivity index (χ2n) is 4.87. The first-order valence-electron chi connectivity index (χ1n) is 6.38. The van der Waals surface area contributed by atoms with Crippen LogP contribution in [0.1, 0.15) is 38.5 Å². The lowest BCUT2D eigenvalue weighted by atomic mass is 10.1. The predicted octanol–water partition coefficient (Wildman–Crippen LogP) is 0.135. The second-order valence-corrected chi connectivity index (χ2v) is 4.87. The molecule has 0 aromatic carbocycles. The zero-order valence-corrected chi connectivity index (χ0v) is 11.0. The number of carbonyl (C=O) groups is 2. The van der Waals surface area contributed by atoms with Gasteiger partial charge in [0, 0.05) is 5.69 Å². The maximum absolute atomic E-state index is 11.6. The van der Waals surface area contributed by atoms with Crippen molar-refractivity contribution in [3.05, 3.63) is 34.8 Å². The first kappa shape index (κ1) is 13.1. The van der Waals surface area contributed by atoms with E-state index in [1.807, 2.05) is 0 Å². The maximum atomic E-state index is 11.6. The summed E-state index contributed by atoms with van der Waals surface area (Å²) in [6.45, 7) is 0. The molecule has 0 bridgehead atoms. The Labute approximate surface area is 119 Å². The number of pyridine rings is 1. The van der Waals surface area contributed by atoms with E-state index >= 15 is 0 Å². The smallest absolute Gasteiger partial charge is 0.358 e. The molecule has 1 aliphatic rings. The lowest BCUT2D eigenvalue weighted by Crippen LogP contribution is -2.17. The number of carbonyl (C=O) groups excluding carboxylic acids is 1. The van der Waals surface area contributed by atoms with Crippen LogP contribution in [0.15, 0.2) is 12.3 Å². The second kappa shape index (κ2) is 4.58. The molecule has 0 aliphatic heterocycles. The van der Waals surface area contributed by atoms with Crippen molar-refractivity contribution in [1.29, 1.82) is 0 Å². The molecule has 0 fully saturated rings. The molecule has 2 aromatic heterocycles. The number of aromatic nitrogens is 3. The number of fused-ring (bicyclic) bond motifs is 1. The van der Waals surface area contributed by atoms with Gasteiger partial charge in [-0.3, -0.25) is 4.79 Å². The van der Waals surface area contributed by atoms with E-state index in [2.05, 4.69) is 10.1 Å². The summed E-state index contributed by atoms with van der Waals surface area (Å²) in [4.78, 5) is 27.0. The molecule has 5 N–H and O–H groups in total. The predicted molar refractivity (Wildman–Crippen MR) is 73.3 cm³/mol. The molecule has 1 amide bonds. The van der Waals surface area contributed by atoms with Crippen LogP contribution in [0, 0.1) is 0 Å². The highest BCUT2D eigenvalue weighted by atomic mass is 16.4. The van der Waals surface area contributed by atoms with Crippen molar-refractivity contribution in [1.82, 2.24) is 14.8 Å². The fourth-order valence-electron chi connectivity index (χ4n) is 2.48. The van der Waals surface area contributed by atoms with Gasteiger partial charge in [0.1, 0.15) is 0 Å². The van der Waals surface area contributed by atoms with Crippen molar-refractivity contribution >= 4 is 17.6 Å². The van der Waals surface area contributed by atoms with Crippen LogP contribution in [0.3, 0.4) is 0 Å². The number of rotatable bonds is 3. The van der Waals surface area contributed by atoms with Crippen LogP contribution in [-0.4, -0.2) is 31.7 Å². The van der Waals surface area contributed by atoms with Gasteiger partial charge in [-0.1, -0.05) is 0 Å². The van der Waals surface area contributed by atoms with Gasteiger partial charge in [-0.2, -0.15) is 5.10 Å². The fraction of sp³-hybridized carbons (Fsp3) is 0.231. The third-order valence-corrected chi connectivity index (χ3v) is 3.46. The van der Waals surface area contributed by atoms with Crippen LogP contribution in [0.2, 0.25) is 0 Å². The largest absolute Gasteiger partial charge is 0.476 e. The topological polar surface area (TPSA) is 137 Å². The third-order valence-electron chi connectivity index (χ3n) is 3.46. The molecule has 8 nitrogen and oxygen atoms in total. The molecule has 0 spiro atoms. The lowest BCUT2D eigenvalue weighted by molar-refractivity contribution is 0.0691. The highest BCUT2D eigenvalue weighted by Gasteiger charge is 2.22. The molecule has 2 heterocycles. The van der Waals surface area contributed by atoms with Gasteiger partial charge >= 0.3 is 5.97 Å². The zero-order valence-electron chi connectivity index (χ0n) is 11.0. The number of aryl methyl sites for hydroxylation is 2. The summed E-state index contributed by atoms with van der Waals surface area (Å²) in [5, 5.41) is 12.9. The van der Waals surface area contributed by atoms with Crippen LogP contribution < -0.4 is 11.5 Å². The Balaban J connectivity index is 2.19. The summed E-state index contributed by atoms with van der Waals surface area (Å²) >= 11 is 0. The van der Waals surface area contributed by atoms with E-state index in [9.17, 15) is 9.59 Å². The molecule has 2 aromatic rings. The quantitative estimate of drug-likeness (QED) is 0.734. The summed E-state index contributed by atoms with van der Waals surface area (Å²) in [5.41, 5.74) is 12.8. The lowest BCUT2D eigenvalue weighted by Gasteiger charge is -2.09.